The van der Waals surface area contributed by atoms with Crippen LogP contribution in [-0.4, -0.2) is 23.1 Å². The largest absolute Gasteiger partial charge is 0.364 e. The molecule has 16 heavy (non-hydrogen) atoms. The van der Waals surface area contributed by atoms with Gasteiger partial charge in [-0.3, -0.25) is 0 Å². The van der Waals surface area contributed by atoms with Crippen LogP contribution in [0.1, 0.15) is 47.5 Å². The Balaban J connectivity index is 0. The molecule has 0 fully saturated rings. The zero-order valence-electron chi connectivity index (χ0n) is 11.0. The summed E-state index contributed by atoms with van der Waals surface area (Å²) in [5.74, 6) is -0.343. The van der Waals surface area contributed by atoms with Gasteiger partial charge in [-0.1, -0.05) is 20.4 Å². The van der Waals surface area contributed by atoms with E-state index in [1.54, 1.807) is 12.0 Å². The first-order chi connectivity index (χ1) is 6.85. The summed E-state index contributed by atoms with van der Waals surface area (Å²) < 4.78 is 0. The molecule has 0 atom stereocenters. The van der Waals surface area contributed by atoms with Gasteiger partial charge in [-0.15, -0.1) is 22.0 Å². The van der Waals surface area contributed by atoms with Crippen molar-refractivity contribution in [2.45, 2.75) is 53.0 Å². The van der Waals surface area contributed by atoms with E-state index >= 15 is 0 Å². The van der Waals surface area contributed by atoms with E-state index < -0.39 is 0 Å². The zero-order chi connectivity index (χ0) is 12.1. The molecule has 0 rings (SSSR count). The van der Waals surface area contributed by atoms with Gasteiger partial charge in [0.2, 0.25) is 0 Å². The Morgan fingerprint density at radius 1 is 1.38 bits per heavy atom. The molecule has 4 heteroatoms. The lowest BCUT2D eigenvalue weighted by Gasteiger charge is -2.35. The number of rotatable bonds is 6. The van der Waals surface area contributed by atoms with Crippen LogP contribution in [0, 0.1) is 0 Å². The van der Waals surface area contributed by atoms with Crippen LogP contribution in [0.2, 0.25) is 0 Å². The van der Waals surface area contributed by atoms with Crippen LogP contribution in [0.3, 0.4) is 0 Å². The third kappa shape index (κ3) is 5.66. The van der Waals surface area contributed by atoms with E-state index in [0.717, 1.165) is 19.4 Å². The summed E-state index contributed by atoms with van der Waals surface area (Å²) in [5, 5.41) is 1.75. The molecule has 0 bridgehead atoms. The second-order valence-electron chi connectivity index (χ2n) is 4.43. The summed E-state index contributed by atoms with van der Waals surface area (Å²) in [6.07, 6.45) is 1.88. The van der Waals surface area contributed by atoms with Gasteiger partial charge in [0.1, 0.15) is 0 Å². The van der Waals surface area contributed by atoms with Crippen LogP contribution in [0.4, 0.5) is 0 Å². The number of nitrogens with zero attached hydrogens (tertiary/aromatic N) is 1. The van der Waals surface area contributed by atoms with Crippen LogP contribution in [0.5, 0.6) is 0 Å². The van der Waals surface area contributed by atoms with E-state index in [-0.39, 0.29) is 28.5 Å². The quantitative estimate of drug-likeness (QED) is 0.554. The lowest BCUT2D eigenvalue weighted by molar-refractivity contribution is -0.213. The maximum Gasteiger partial charge on any atom is 0.352 e. The average Bonchev–Trinajstić information content (AvgIpc) is 2.16. The van der Waals surface area contributed by atoms with Gasteiger partial charge in [-0.25, -0.2) is 4.79 Å². The van der Waals surface area contributed by atoms with Crippen molar-refractivity contribution < 1.29 is 9.63 Å². The second kappa shape index (κ2) is 7.85. The highest BCUT2D eigenvalue weighted by atomic mass is 79.9. The normalized spacial score (nSPS) is 10.9. The van der Waals surface area contributed by atoms with Crippen molar-refractivity contribution in [1.82, 2.24) is 5.06 Å². The summed E-state index contributed by atoms with van der Waals surface area (Å²) in [6, 6.07) is 0. The van der Waals surface area contributed by atoms with Crippen molar-refractivity contribution in [2.24, 2.45) is 0 Å². The van der Waals surface area contributed by atoms with Gasteiger partial charge in [0, 0.05) is 12.1 Å². The van der Waals surface area contributed by atoms with Gasteiger partial charge < -0.3 is 4.84 Å². The maximum absolute atomic E-state index is 11.4. The monoisotopic (exact) mass is 293 g/mol. The minimum absolute atomic E-state index is 0. The molecule has 0 N–H and O–H groups in total. The lowest BCUT2D eigenvalue weighted by Crippen LogP contribution is -2.45. The smallest absolute Gasteiger partial charge is 0.352 e. The molecule has 0 aromatic heterocycles. The first-order valence-electron chi connectivity index (χ1n) is 5.50. The lowest BCUT2D eigenvalue weighted by atomic mass is 10.0. The maximum atomic E-state index is 11.4. The van der Waals surface area contributed by atoms with Gasteiger partial charge >= 0.3 is 5.97 Å². The fourth-order valence-electron chi connectivity index (χ4n) is 1.03. The van der Waals surface area contributed by atoms with Crippen LogP contribution >= 0.6 is 17.0 Å². The number of carbonyl (C=O) groups is 1. The molecule has 0 spiro atoms. The van der Waals surface area contributed by atoms with Gasteiger partial charge in [0.15, 0.2) is 0 Å². The SMILES string of the molecule is Br.C=C(C)C(=O)ON(CCC)C(C)(C)CC. The fourth-order valence-corrected chi connectivity index (χ4v) is 1.03. The van der Waals surface area contributed by atoms with Crippen LogP contribution in [0.15, 0.2) is 12.2 Å². The molecular formula is C12H24BrNO2. The first kappa shape index (κ1) is 18.0. The second-order valence-corrected chi connectivity index (χ2v) is 4.43. The Bertz CT molecular complexity index is 239. The predicted octanol–water partition coefficient (Wildman–Crippen LogP) is 3.50. The van der Waals surface area contributed by atoms with Crippen molar-refractivity contribution in [3.8, 4) is 0 Å². The average molecular weight is 294 g/mol. The van der Waals surface area contributed by atoms with E-state index in [1.165, 1.54) is 0 Å². The third-order valence-electron chi connectivity index (χ3n) is 2.51. The van der Waals surface area contributed by atoms with E-state index in [4.69, 9.17) is 4.84 Å². The minimum atomic E-state index is -0.343. The number of hydrogen-bond donors (Lipinski definition) is 0. The van der Waals surface area contributed by atoms with Crippen molar-refractivity contribution in [1.29, 1.82) is 0 Å². The summed E-state index contributed by atoms with van der Waals surface area (Å²) in [7, 11) is 0. The molecule has 0 aliphatic heterocycles. The van der Waals surface area contributed by atoms with Crippen LogP contribution in [-0.2, 0) is 9.63 Å². The number of hydrogen-bond acceptors (Lipinski definition) is 3. The van der Waals surface area contributed by atoms with E-state index in [1.807, 2.05) is 0 Å². The molecule has 0 heterocycles. The Hall–Kier alpha value is -0.350. The highest BCUT2D eigenvalue weighted by Gasteiger charge is 2.27. The van der Waals surface area contributed by atoms with Crippen LogP contribution in [0.25, 0.3) is 0 Å². The highest BCUT2D eigenvalue weighted by molar-refractivity contribution is 8.93. The number of carbonyl (C=O) groups excluding carboxylic acids is 1. The number of hydroxylamine groups is 2. The summed E-state index contributed by atoms with van der Waals surface area (Å²) in [5.41, 5.74) is 0.309. The van der Waals surface area contributed by atoms with Gasteiger partial charge in [-0.05, 0) is 33.6 Å². The number of halogens is 1. The van der Waals surface area contributed by atoms with E-state index in [0.29, 0.717) is 5.57 Å². The first-order valence-corrected chi connectivity index (χ1v) is 5.50. The van der Waals surface area contributed by atoms with E-state index in [2.05, 4.69) is 34.3 Å². The van der Waals surface area contributed by atoms with Crippen molar-refractivity contribution in [2.75, 3.05) is 6.54 Å². The van der Waals surface area contributed by atoms with Gasteiger partial charge in [-0.2, -0.15) is 0 Å². The highest BCUT2D eigenvalue weighted by Crippen LogP contribution is 2.19. The minimum Gasteiger partial charge on any atom is -0.364 e. The molecule has 3 nitrogen and oxygen atoms in total. The molecule has 96 valence electrons. The molecule has 0 amide bonds. The molecule has 0 aliphatic rings. The summed E-state index contributed by atoms with van der Waals surface area (Å²) in [4.78, 5) is 16.7. The predicted molar refractivity (Wildman–Crippen MR) is 72.6 cm³/mol. The molecule has 0 aromatic carbocycles. The molecule has 0 radical (unpaired) electrons. The third-order valence-corrected chi connectivity index (χ3v) is 2.51. The summed E-state index contributed by atoms with van der Waals surface area (Å²) in [6.45, 7) is 14.3. The molecule has 0 saturated heterocycles. The van der Waals surface area contributed by atoms with Crippen molar-refractivity contribution in [3.63, 3.8) is 0 Å². The Kier molecular flexibility index (Phi) is 8.84. The molecule has 0 aliphatic carbocycles. The van der Waals surface area contributed by atoms with Crippen molar-refractivity contribution in [3.05, 3.63) is 12.2 Å². The topological polar surface area (TPSA) is 29.5 Å². The molecule has 0 unspecified atom stereocenters. The standard InChI is InChI=1S/C12H23NO2.BrH/c1-7-9-13(12(5,6)8-2)15-11(14)10(3)4;/h3,7-9H2,1-2,4-6H3;1H. The Morgan fingerprint density at radius 3 is 2.19 bits per heavy atom. The van der Waals surface area contributed by atoms with E-state index in [9.17, 15) is 4.79 Å². The molecular weight excluding hydrogens is 270 g/mol. The summed E-state index contributed by atoms with van der Waals surface area (Å²) >= 11 is 0. The Labute approximate surface area is 110 Å². The van der Waals surface area contributed by atoms with Crippen LogP contribution < -0.4 is 0 Å². The Morgan fingerprint density at radius 2 is 1.88 bits per heavy atom. The fraction of sp³-hybridized carbons (Fsp3) is 0.750. The molecule has 0 saturated carbocycles. The van der Waals surface area contributed by atoms with Gasteiger partial charge in [0.05, 0.1) is 5.54 Å². The van der Waals surface area contributed by atoms with Gasteiger partial charge in [0.25, 0.3) is 0 Å². The zero-order valence-corrected chi connectivity index (χ0v) is 12.7. The van der Waals surface area contributed by atoms with Crippen molar-refractivity contribution >= 4 is 23.0 Å². The molecule has 0 aromatic rings.